The number of nitrogens with one attached hydrogen (secondary N) is 1. The maximum absolute atomic E-state index is 12.3. The highest BCUT2D eigenvalue weighted by molar-refractivity contribution is 5.98. The molecule has 1 aromatic heterocycles. The standard InChI is InChI=1S/C22H22N2O6/c1-14(23-15(2)25)16-7-9-17(10-8-16)19(26)13-29-21(27)11-12-24-18-5-3-4-6-20(18)30-22(24)28/h3-10,14H,11-13H2,1-2H3,(H,23,25)/t14-/m0/s1. The van der Waals surface area contributed by atoms with Crippen molar-refractivity contribution in [1.82, 2.24) is 9.88 Å². The smallest absolute Gasteiger partial charge is 0.419 e. The van der Waals surface area contributed by atoms with Crippen LogP contribution in [0.1, 0.15) is 42.2 Å². The third-order valence-electron chi connectivity index (χ3n) is 4.63. The molecule has 0 bridgehead atoms. The van der Waals surface area contributed by atoms with Crippen LogP contribution < -0.4 is 11.1 Å². The number of fused-ring (bicyclic) bond motifs is 1. The van der Waals surface area contributed by atoms with Crippen LogP contribution in [0.25, 0.3) is 11.1 Å². The van der Waals surface area contributed by atoms with E-state index in [0.717, 1.165) is 5.56 Å². The first-order valence-corrected chi connectivity index (χ1v) is 9.49. The minimum atomic E-state index is -0.587. The number of hydrogen-bond donors (Lipinski definition) is 1. The van der Waals surface area contributed by atoms with Gasteiger partial charge < -0.3 is 14.5 Å². The molecule has 2 aromatic carbocycles. The number of carbonyl (C=O) groups excluding carboxylic acids is 3. The van der Waals surface area contributed by atoms with Gasteiger partial charge in [0.2, 0.25) is 5.91 Å². The Bertz CT molecular complexity index is 1130. The molecule has 0 unspecified atom stereocenters. The van der Waals surface area contributed by atoms with Gasteiger partial charge in [0.1, 0.15) is 0 Å². The highest BCUT2D eigenvalue weighted by Crippen LogP contribution is 2.14. The zero-order chi connectivity index (χ0) is 21.7. The first-order chi connectivity index (χ1) is 14.3. The Morgan fingerprint density at radius 1 is 1.10 bits per heavy atom. The van der Waals surface area contributed by atoms with E-state index in [-0.39, 0.29) is 37.3 Å². The summed E-state index contributed by atoms with van der Waals surface area (Å²) in [6, 6.07) is 13.5. The van der Waals surface area contributed by atoms with Crippen LogP contribution in [-0.2, 0) is 20.9 Å². The minimum Gasteiger partial charge on any atom is -0.457 e. The summed E-state index contributed by atoms with van der Waals surface area (Å²) in [5, 5.41) is 2.76. The number of nitrogens with zero attached hydrogens (tertiary/aromatic N) is 1. The van der Waals surface area contributed by atoms with Gasteiger partial charge in [-0.15, -0.1) is 0 Å². The third kappa shape index (κ3) is 5.02. The van der Waals surface area contributed by atoms with Crippen molar-refractivity contribution in [2.24, 2.45) is 0 Å². The first kappa shape index (κ1) is 21.0. The van der Waals surface area contributed by atoms with Crippen molar-refractivity contribution in [2.45, 2.75) is 32.9 Å². The Balaban J connectivity index is 1.52. The van der Waals surface area contributed by atoms with E-state index in [4.69, 9.17) is 9.15 Å². The van der Waals surface area contributed by atoms with Crippen LogP contribution in [0.3, 0.4) is 0 Å². The zero-order valence-electron chi connectivity index (χ0n) is 16.7. The number of amides is 1. The number of para-hydroxylation sites is 2. The van der Waals surface area contributed by atoms with Crippen molar-refractivity contribution in [3.05, 3.63) is 70.2 Å². The molecule has 1 heterocycles. The van der Waals surface area contributed by atoms with Gasteiger partial charge in [-0.05, 0) is 24.6 Å². The largest absolute Gasteiger partial charge is 0.457 e. The van der Waals surface area contributed by atoms with Gasteiger partial charge in [0, 0.05) is 19.0 Å². The number of ether oxygens (including phenoxy) is 1. The van der Waals surface area contributed by atoms with E-state index in [1.165, 1.54) is 11.5 Å². The Labute approximate surface area is 172 Å². The zero-order valence-corrected chi connectivity index (χ0v) is 16.7. The fraction of sp³-hybridized carbons (Fsp3) is 0.273. The SMILES string of the molecule is CC(=O)N[C@@H](C)c1ccc(C(=O)COC(=O)CCn2c(=O)oc3ccccc32)cc1. The number of ketones is 1. The third-order valence-corrected chi connectivity index (χ3v) is 4.63. The van der Waals surface area contributed by atoms with Crippen molar-refractivity contribution in [3.63, 3.8) is 0 Å². The van der Waals surface area contributed by atoms with E-state index in [2.05, 4.69) is 5.32 Å². The summed E-state index contributed by atoms with van der Waals surface area (Å²) >= 11 is 0. The van der Waals surface area contributed by atoms with Crippen LogP contribution in [0.15, 0.2) is 57.7 Å². The van der Waals surface area contributed by atoms with Crippen LogP contribution in [0.5, 0.6) is 0 Å². The number of hydrogen-bond acceptors (Lipinski definition) is 6. The fourth-order valence-electron chi connectivity index (χ4n) is 3.08. The summed E-state index contributed by atoms with van der Waals surface area (Å²) in [5.41, 5.74) is 2.30. The number of aryl methyl sites for hydroxylation is 1. The molecule has 0 aliphatic heterocycles. The molecule has 0 aliphatic carbocycles. The Hall–Kier alpha value is -3.68. The number of rotatable bonds is 8. The fourth-order valence-corrected chi connectivity index (χ4v) is 3.08. The lowest BCUT2D eigenvalue weighted by Crippen LogP contribution is -2.23. The Morgan fingerprint density at radius 2 is 1.80 bits per heavy atom. The molecule has 8 nitrogen and oxygen atoms in total. The molecule has 0 aliphatic rings. The second kappa shape index (κ2) is 9.21. The molecule has 0 fully saturated rings. The van der Waals surface area contributed by atoms with Crippen LogP contribution in [0.4, 0.5) is 0 Å². The van der Waals surface area contributed by atoms with Gasteiger partial charge in [-0.2, -0.15) is 0 Å². The highest BCUT2D eigenvalue weighted by Gasteiger charge is 2.14. The molecule has 1 amide bonds. The van der Waals surface area contributed by atoms with Gasteiger partial charge in [0.05, 0.1) is 18.0 Å². The van der Waals surface area contributed by atoms with Crippen LogP contribution in [0, 0.1) is 0 Å². The van der Waals surface area contributed by atoms with Gasteiger partial charge in [-0.1, -0.05) is 36.4 Å². The molecular weight excluding hydrogens is 388 g/mol. The first-order valence-electron chi connectivity index (χ1n) is 9.49. The molecule has 30 heavy (non-hydrogen) atoms. The molecule has 0 radical (unpaired) electrons. The molecule has 3 rings (SSSR count). The summed E-state index contributed by atoms with van der Waals surface area (Å²) < 4.78 is 11.5. The van der Waals surface area contributed by atoms with Gasteiger partial charge in [-0.25, -0.2) is 4.79 Å². The van der Waals surface area contributed by atoms with Crippen molar-refractivity contribution < 1.29 is 23.5 Å². The predicted octanol–water partition coefficient (Wildman–Crippen LogP) is 2.61. The van der Waals surface area contributed by atoms with Crippen LogP contribution >= 0.6 is 0 Å². The molecular formula is C22H22N2O6. The Morgan fingerprint density at radius 3 is 2.50 bits per heavy atom. The predicted molar refractivity (Wildman–Crippen MR) is 109 cm³/mol. The molecule has 0 saturated heterocycles. The summed E-state index contributed by atoms with van der Waals surface area (Å²) in [5.74, 6) is -1.61. The summed E-state index contributed by atoms with van der Waals surface area (Å²) in [4.78, 5) is 47.3. The van der Waals surface area contributed by atoms with Gasteiger partial charge in [0.15, 0.2) is 18.0 Å². The Kier molecular flexibility index (Phi) is 6.46. The minimum absolute atomic E-state index is 0.0656. The van der Waals surface area contributed by atoms with Crippen molar-refractivity contribution in [3.8, 4) is 0 Å². The monoisotopic (exact) mass is 410 g/mol. The normalized spacial score (nSPS) is 11.8. The maximum atomic E-state index is 12.3. The highest BCUT2D eigenvalue weighted by atomic mass is 16.5. The second-order valence-corrected chi connectivity index (χ2v) is 6.87. The summed E-state index contributed by atoms with van der Waals surface area (Å²) in [6.45, 7) is 2.99. The van der Waals surface area contributed by atoms with Gasteiger partial charge >= 0.3 is 11.7 Å². The average Bonchev–Trinajstić information content (AvgIpc) is 3.05. The number of carbonyl (C=O) groups is 3. The van der Waals surface area contributed by atoms with E-state index >= 15 is 0 Å². The van der Waals surface area contributed by atoms with E-state index in [1.54, 1.807) is 48.5 Å². The molecule has 1 atom stereocenters. The molecule has 156 valence electrons. The van der Waals surface area contributed by atoms with Crippen molar-refractivity contribution in [2.75, 3.05) is 6.61 Å². The molecule has 8 heteroatoms. The van der Waals surface area contributed by atoms with Crippen molar-refractivity contribution in [1.29, 1.82) is 0 Å². The lowest BCUT2D eigenvalue weighted by Gasteiger charge is -2.13. The van der Waals surface area contributed by atoms with Gasteiger partial charge in [-0.3, -0.25) is 19.0 Å². The van der Waals surface area contributed by atoms with E-state index in [1.807, 2.05) is 6.92 Å². The number of aromatic nitrogens is 1. The number of Topliss-reactive ketones (excluding diaryl/α,β-unsaturated/α-hetero) is 1. The molecule has 0 spiro atoms. The maximum Gasteiger partial charge on any atom is 0.419 e. The number of benzene rings is 2. The molecule has 1 N–H and O–H groups in total. The summed E-state index contributed by atoms with van der Waals surface area (Å²) in [6.07, 6.45) is -0.0656. The molecule has 3 aromatic rings. The van der Waals surface area contributed by atoms with Crippen LogP contribution in [-0.4, -0.2) is 28.8 Å². The van der Waals surface area contributed by atoms with Gasteiger partial charge in [0.25, 0.3) is 0 Å². The van der Waals surface area contributed by atoms with E-state index < -0.39 is 11.7 Å². The quantitative estimate of drug-likeness (QED) is 0.452. The van der Waals surface area contributed by atoms with Crippen LogP contribution in [0.2, 0.25) is 0 Å². The lowest BCUT2D eigenvalue weighted by molar-refractivity contribution is -0.142. The number of oxazole rings is 1. The number of esters is 1. The summed E-state index contributed by atoms with van der Waals surface area (Å²) in [7, 11) is 0. The second-order valence-electron chi connectivity index (χ2n) is 6.87. The van der Waals surface area contributed by atoms with Crippen molar-refractivity contribution >= 4 is 28.8 Å². The van der Waals surface area contributed by atoms with E-state index in [0.29, 0.717) is 16.7 Å². The molecule has 0 saturated carbocycles. The van der Waals surface area contributed by atoms with E-state index in [9.17, 15) is 19.2 Å². The topological polar surface area (TPSA) is 108 Å². The average molecular weight is 410 g/mol. The lowest BCUT2D eigenvalue weighted by atomic mass is 10.0.